The molecule has 1 heterocycles. The Morgan fingerprint density at radius 3 is 2.52 bits per heavy atom. The largest absolute Gasteiger partial charge is 0.472 e. The normalized spacial score (nSPS) is 45.4. The molecule has 2 saturated carbocycles. The van der Waals surface area contributed by atoms with Crippen molar-refractivity contribution in [1.82, 2.24) is 0 Å². The van der Waals surface area contributed by atoms with Crippen LogP contribution in [0.15, 0.2) is 46.8 Å². The van der Waals surface area contributed by atoms with Gasteiger partial charge in [-0.3, -0.25) is 9.59 Å². The summed E-state index contributed by atoms with van der Waals surface area (Å²) in [6.07, 6.45) is 13.5. The zero-order valence-corrected chi connectivity index (χ0v) is 18.2. The third kappa shape index (κ3) is 2.14. The van der Waals surface area contributed by atoms with Crippen molar-refractivity contribution in [1.29, 1.82) is 0 Å². The van der Waals surface area contributed by atoms with E-state index in [-0.39, 0.29) is 28.4 Å². The third-order valence-corrected chi connectivity index (χ3v) is 9.67. The second-order valence-corrected chi connectivity index (χ2v) is 11.1. The van der Waals surface area contributed by atoms with Gasteiger partial charge >= 0.3 is 0 Å². The summed E-state index contributed by atoms with van der Waals surface area (Å²) >= 11 is 0. The van der Waals surface area contributed by atoms with Gasteiger partial charge in [0.15, 0.2) is 5.78 Å². The van der Waals surface area contributed by atoms with E-state index < -0.39 is 10.8 Å². The summed E-state index contributed by atoms with van der Waals surface area (Å²) in [6.45, 7) is 10.9. The van der Waals surface area contributed by atoms with E-state index in [1.54, 1.807) is 12.3 Å². The van der Waals surface area contributed by atoms with E-state index in [1.165, 1.54) is 11.1 Å². The van der Waals surface area contributed by atoms with Crippen LogP contribution in [0.4, 0.5) is 0 Å². The quantitative estimate of drug-likeness (QED) is 0.561. The highest BCUT2D eigenvalue weighted by Gasteiger charge is 2.67. The number of rotatable bonds is 1. The molecule has 1 aromatic heterocycles. The van der Waals surface area contributed by atoms with Gasteiger partial charge in [-0.2, -0.15) is 0 Å². The van der Waals surface area contributed by atoms with Crippen molar-refractivity contribution < 1.29 is 14.0 Å². The standard InChI is InChI=1S/C26H32O3/c1-23(2)20-14-22(28)26(5)18-7-6-17(16-10-13-29-15-16)24(18,3)11-8-19(26)25(20,4)12-9-21(23)27/h7,9-10,12-13,15,17,19-20H,6,8,11,14H2,1-5H3/t17-,19+,20-,24-,25+,26?/m0/s1. The zero-order valence-electron chi connectivity index (χ0n) is 18.2. The molecule has 29 heavy (non-hydrogen) atoms. The summed E-state index contributed by atoms with van der Waals surface area (Å²) in [6, 6.07) is 2.08. The predicted octanol–water partition coefficient (Wildman–Crippen LogP) is 5.88. The Bertz CT molecular complexity index is 949. The molecule has 2 fully saturated rings. The molecule has 0 radical (unpaired) electrons. The molecular weight excluding hydrogens is 360 g/mol. The number of fused-ring (bicyclic) bond motifs is 5. The Hall–Kier alpha value is -1.90. The zero-order chi connectivity index (χ0) is 20.8. The average molecular weight is 393 g/mol. The van der Waals surface area contributed by atoms with Crippen LogP contribution in [0.1, 0.15) is 71.8 Å². The Labute approximate surface area is 173 Å². The number of allylic oxidation sites excluding steroid dienone is 4. The Kier molecular flexibility index (Phi) is 3.70. The predicted molar refractivity (Wildman–Crippen MR) is 112 cm³/mol. The van der Waals surface area contributed by atoms with Crippen molar-refractivity contribution in [2.24, 2.45) is 33.5 Å². The van der Waals surface area contributed by atoms with E-state index in [0.717, 1.165) is 19.3 Å². The van der Waals surface area contributed by atoms with Crippen LogP contribution in [0.5, 0.6) is 0 Å². The maximum Gasteiger partial charge on any atom is 0.161 e. The van der Waals surface area contributed by atoms with Crippen LogP contribution < -0.4 is 0 Å². The molecule has 3 heteroatoms. The number of ketones is 2. The molecule has 154 valence electrons. The number of Topliss-reactive ketones (excluding diaryl/α,β-unsaturated/α-hetero) is 1. The molecule has 1 aromatic rings. The molecule has 6 atom stereocenters. The second-order valence-electron chi connectivity index (χ2n) is 11.1. The molecule has 0 bridgehead atoms. The van der Waals surface area contributed by atoms with E-state index in [4.69, 9.17) is 4.42 Å². The topological polar surface area (TPSA) is 47.3 Å². The molecule has 1 unspecified atom stereocenters. The lowest BCUT2D eigenvalue weighted by Crippen LogP contribution is -2.62. The molecule has 0 aromatic carbocycles. The summed E-state index contributed by atoms with van der Waals surface area (Å²) in [5, 5.41) is 0. The van der Waals surface area contributed by atoms with E-state index in [1.807, 2.05) is 20.1 Å². The molecule has 4 aliphatic carbocycles. The van der Waals surface area contributed by atoms with Crippen LogP contribution in [0, 0.1) is 33.5 Å². The minimum absolute atomic E-state index is 0.00228. The SMILES string of the molecule is CC1(C)C(=O)C=C[C@@]2(C)[C@H]1CC(=O)C1(C)C3=CC[C@@H](c4ccoc4)[C@]3(C)CC[C@@H]12. The van der Waals surface area contributed by atoms with Crippen molar-refractivity contribution >= 4 is 11.6 Å². The van der Waals surface area contributed by atoms with Crippen LogP contribution in [0.2, 0.25) is 0 Å². The van der Waals surface area contributed by atoms with Crippen molar-refractivity contribution in [2.75, 3.05) is 0 Å². The minimum Gasteiger partial charge on any atom is -0.472 e. The van der Waals surface area contributed by atoms with Gasteiger partial charge in [-0.15, -0.1) is 0 Å². The van der Waals surface area contributed by atoms with Gasteiger partial charge in [-0.1, -0.05) is 45.4 Å². The molecule has 0 N–H and O–H groups in total. The van der Waals surface area contributed by atoms with Gasteiger partial charge in [0.1, 0.15) is 5.78 Å². The Morgan fingerprint density at radius 2 is 1.83 bits per heavy atom. The minimum atomic E-state index is -0.482. The first kappa shape index (κ1) is 19.1. The lowest BCUT2D eigenvalue weighted by atomic mass is 9.39. The maximum absolute atomic E-state index is 13.8. The number of carbonyl (C=O) groups is 2. The van der Waals surface area contributed by atoms with Gasteiger partial charge < -0.3 is 4.42 Å². The molecule has 5 rings (SSSR count). The van der Waals surface area contributed by atoms with E-state index in [2.05, 4.69) is 39.0 Å². The first-order valence-electron chi connectivity index (χ1n) is 11.1. The fourth-order valence-electron chi connectivity index (χ4n) is 7.97. The second kappa shape index (κ2) is 5.62. The van der Waals surface area contributed by atoms with Crippen molar-refractivity contribution in [3.8, 4) is 0 Å². The first-order chi connectivity index (χ1) is 13.6. The number of furan rings is 1. The average Bonchev–Trinajstić information content (AvgIpc) is 3.29. The smallest absolute Gasteiger partial charge is 0.161 e. The monoisotopic (exact) mass is 392 g/mol. The van der Waals surface area contributed by atoms with Crippen molar-refractivity contribution in [3.63, 3.8) is 0 Å². The highest BCUT2D eigenvalue weighted by Crippen LogP contribution is 2.71. The number of carbonyl (C=O) groups excluding carboxylic acids is 2. The lowest BCUT2D eigenvalue weighted by Gasteiger charge is -2.63. The highest BCUT2D eigenvalue weighted by molar-refractivity contribution is 5.98. The van der Waals surface area contributed by atoms with Gasteiger partial charge in [0, 0.05) is 11.8 Å². The number of hydrogen-bond acceptors (Lipinski definition) is 3. The molecule has 3 nitrogen and oxygen atoms in total. The molecule has 0 saturated heterocycles. The van der Waals surface area contributed by atoms with Crippen molar-refractivity contribution in [3.05, 3.63) is 48.0 Å². The van der Waals surface area contributed by atoms with Crippen LogP contribution in [-0.2, 0) is 9.59 Å². The van der Waals surface area contributed by atoms with Gasteiger partial charge in [0.2, 0.25) is 0 Å². The molecule has 0 aliphatic heterocycles. The Morgan fingerprint density at radius 1 is 1.07 bits per heavy atom. The molecule has 0 amide bonds. The van der Waals surface area contributed by atoms with Crippen LogP contribution >= 0.6 is 0 Å². The van der Waals surface area contributed by atoms with Crippen molar-refractivity contribution in [2.45, 2.75) is 66.2 Å². The van der Waals surface area contributed by atoms with Crippen LogP contribution in [0.25, 0.3) is 0 Å². The van der Waals surface area contributed by atoms with Gasteiger partial charge in [-0.05, 0) is 72.5 Å². The van der Waals surface area contributed by atoms with Gasteiger partial charge in [-0.25, -0.2) is 0 Å². The summed E-state index contributed by atoms with van der Waals surface area (Å²) in [7, 11) is 0. The van der Waals surface area contributed by atoms with E-state index in [0.29, 0.717) is 18.1 Å². The number of hydrogen-bond donors (Lipinski definition) is 0. The highest BCUT2D eigenvalue weighted by atomic mass is 16.3. The van der Waals surface area contributed by atoms with Gasteiger partial charge in [0.25, 0.3) is 0 Å². The van der Waals surface area contributed by atoms with E-state index in [9.17, 15) is 9.59 Å². The third-order valence-electron chi connectivity index (χ3n) is 9.67. The summed E-state index contributed by atoms with van der Waals surface area (Å²) in [5.41, 5.74) is 1.54. The summed E-state index contributed by atoms with van der Waals surface area (Å²) in [5.74, 6) is 1.21. The Balaban J connectivity index is 1.61. The maximum atomic E-state index is 13.8. The molecular formula is C26H32O3. The summed E-state index contributed by atoms with van der Waals surface area (Å²) in [4.78, 5) is 26.5. The van der Waals surface area contributed by atoms with E-state index >= 15 is 0 Å². The first-order valence-corrected chi connectivity index (χ1v) is 11.1. The fraction of sp³-hybridized carbons (Fsp3) is 0.615. The summed E-state index contributed by atoms with van der Waals surface area (Å²) < 4.78 is 5.39. The molecule has 4 aliphatic rings. The molecule has 0 spiro atoms. The van der Waals surface area contributed by atoms with Gasteiger partial charge in [0.05, 0.1) is 17.9 Å². The van der Waals surface area contributed by atoms with Crippen LogP contribution in [-0.4, -0.2) is 11.6 Å². The lowest BCUT2D eigenvalue weighted by molar-refractivity contribution is -0.156. The fourth-order valence-corrected chi connectivity index (χ4v) is 7.97. The van der Waals surface area contributed by atoms with Crippen LogP contribution in [0.3, 0.4) is 0 Å².